The van der Waals surface area contributed by atoms with Gasteiger partial charge in [-0.25, -0.2) is 0 Å². The van der Waals surface area contributed by atoms with Crippen molar-refractivity contribution in [2.75, 3.05) is 7.11 Å². The van der Waals surface area contributed by atoms with Crippen LogP contribution in [0.3, 0.4) is 0 Å². The van der Waals surface area contributed by atoms with Crippen molar-refractivity contribution in [3.8, 4) is 22.7 Å². The number of ketones is 1. The van der Waals surface area contributed by atoms with Gasteiger partial charge in [0.25, 0.3) is 0 Å². The maximum Gasteiger partial charge on any atom is 0.188 e. The molecule has 1 aliphatic carbocycles. The van der Waals surface area contributed by atoms with E-state index in [0.717, 1.165) is 39.0 Å². The van der Waals surface area contributed by atoms with E-state index in [0.29, 0.717) is 16.9 Å². The smallest absolute Gasteiger partial charge is 0.188 e. The Hall–Kier alpha value is -3.63. The molecule has 4 heteroatoms. The van der Waals surface area contributed by atoms with E-state index in [1.165, 1.54) is 5.56 Å². The number of aliphatic hydroxyl groups is 1. The average molecular weight is 409 g/mol. The number of allylic oxidation sites excluding steroid dienone is 1. The summed E-state index contributed by atoms with van der Waals surface area (Å²) in [4.78, 5) is 13.2. The summed E-state index contributed by atoms with van der Waals surface area (Å²) in [6, 6.07) is 18.2. The van der Waals surface area contributed by atoms with Crippen LogP contribution in [-0.2, 0) is 6.61 Å². The molecule has 3 aromatic carbocycles. The van der Waals surface area contributed by atoms with Crippen molar-refractivity contribution in [3.05, 3.63) is 88.5 Å². The summed E-state index contributed by atoms with van der Waals surface area (Å²) in [5.74, 6) is 0.567. The Balaban J connectivity index is 1.99. The van der Waals surface area contributed by atoms with Crippen LogP contribution in [0.2, 0.25) is 0 Å². The van der Waals surface area contributed by atoms with E-state index >= 15 is 0 Å². The van der Waals surface area contributed by atoms with Crippen molar-refractivity contribution < 1.29 is 14.6 Å². The van der Waals surface area contributed by atoms with Gasteiger partial charge >= 0.3 is 0 Å². The zero-order valence-corrected chi connectivity index (χ0v) is 17.8. The average Bonchev–Trinajstić information content (AvgIpc) is 3.12. The third kappa shape index (κ3) is 2.91. The van der Waals surface area contributed by atoms with Gasteiger partial charge in [-0.05, 0) is 55.3 Å². The molecule has 1 heterocycles. The molecule has 5 rings (SSSR count). The fourth-order valence-electron chi connectivity index (χ4n) is 4.57. The number of benzene rings is 3. The lowest BCUT2D eigenvalue weighted by molar-refractivity contribution is 0.104. The maximum atomic E-state index is 13.2. The molecule has 31 heavy (non-hydrogen) atoms. The van der Waals surface area contributed by atoms with Gasteiger partial charge in [-0.1, -0.05) is 42.0 Å². The lowest BCUT2D eigenvalue weighted by atomic mass is 9.92. The second-order valence-electron chi connectivity index (χ2n) is 7.98. The molecule has 0 atom stereocenters. The predicted octanol–water partition coefficient (Wildman–Crippen LogP) is 5.62. The van der Waals surface area contributed by atoms with Gasteiger partial charge in [0.05, 0.1) is 30.5 Å². The number of hydrogen-bond donors (Lipinski definition) is 1. The highest BCUT2D eigenvalue weighted by Crippen LogP contribution is 2.43. The number of carbonyl (C=O) groups is 1. The molecule has 1 aromatic heterocycles. The number of hydrogen-bond acceptors (Lipinski definition) is 3. The summed E-state index contributed by atoms with van der Waals surface area (Å²) >= 11 is 0. The highest BCUT2D eigenvalue weighted by Gasteiger charge is 2.29. The van der Waals surface area contributed by atoms with Crippen LogP contribution >= 0.6 is 0 Å². The SMILES string of the molecule is COc1cccc(-c2c3c4c(cc(C)cc4n2-c2ccc(C)cc2)C=CC3=O)c1CO. The normalized spacial score (nSPS) is 12.6. The molecule has 0 unspecified atom stereocenters. The Morgan fingerprint density at radius 3 is 2.45 bits per heavy atom. The lowest BCUT2D eigenvalue weighted by Crippen LogP contribution is -2.05. The predicted molar refractivity (Wildman–Crippen MR) is 124 cm³/mol. The van der Waals surface area contributed by atoms with E-state index in [9.17, 15) is 9.90 Å². The summed E-state index contributed by atoms with van der Waals surface area (Å²) in [5, 5.41) is 11.2. The van der Waals surface area contributed by atoms with Crippen LogP contribution in [0.1, 0.15) is 32.6 Å². The van der Waals surface area contributed by atoms with Gasteiger partial charge in [0.1, 0.15) is 5.75 Å². The van der Waals surface area contributed by atoms with Gasteiger partial charge < -0.3 is 14.4 Å². The molecule has 4 nitrogen and oxygen atoms in total. The van der Waals surface area contributed by atoms with Crippen LogP contribution < -0.4 is 4.74 Å². The molecule has 1 aliphatic rings. The van der Waals surface area contributed by atoms with Gasteiger partial charge in [-0.15, -0.1) is 0 Å². The molecule has 0 spiro atoms. The maximum absolute atomic E-state index is 13.2. The number of nitrogens with zero attached hydrogens (tertiary/aromatic N) is 1. The zero-order valence-electron chi connectivity index (χ0n) is 17.8. The second kappa shape index (κ2) is 7.25. The van der Waals surface area contributed by atoms with Crippen molar-refractivity contribution in [2.45, 2.75) is 20.5 Å². The van der Waals surface area contributed by atoms with Crippen LogP contribution in [-0.4, -0.2) is 22.6 Å². The van der Waals surface area contributed by atoms with Crippen molar-refractivity contribution in [1.82, 2.24) is 4.57 Å². The minimum atomic E-state index is -0.190. The molecule has 0 aliphatic heterocycles. The van der Waals surface area contributed by atoms with E-state index < -0.39 is 0 Å². The summed E-state index contributed by atoms with van der Waals surface area (Å²) in [7, 11) is 1.59. The molecule has 4 aromatic rings. The van der Waals surface area contributed by atoms with Gasteiger partial charge in [-0.3, -0.25) is 4.79 Å². The minimum Gasteiger partial charge on any atom is -0.496 e. The number of rotatable bonds is 4. The first-order valence-corrected chi connectivity index (χ1v) is 10.3. The Bertz CT molecular complexity index is 1370. The van der Waals surface area contributed by atoms with E-state index in [1.54, 1.807) is 13.2 Å². The topological polar surface area (TPSA) is 51.5 Å². The first-order valence-electron chi connectivity index (χ1n) is 10.3. The van der Waals surface area contributed by atoms with Crippen LogP contribution in [0.25, 0.3) is 33.9 Å². The number of ether oxygens (including phenoxy) is 1. The summed E-state index contributed by atoms with van der Waals surface area (Å²) in [5.41, 5.74) is 8.17. The molecule has 0 bridgehead atoms. The third-order valence-corrected chi connectivity index (χ3v) is 5.96. The van der Waals surface area contributed by atoms with E-state index in [-0.39, 0.29) is 12.4 Å². The quantitative estimate of drug-likeness (QED) is 0.476. The molecule has 0 radical (unpaired) electrons. The summed E-state index contributed by atoms with van der Waals surface area (Å²) in [6.07, 6.45) is 3.53. The van der Waals surface area contributed by atoms with E-state index in [4.69, 9.17) is 4.74 Å². The molecule has 1 N–H and O–H groups in total. The van der Waals surface area contributed by atoms with Crippen LogP contribution in [0.15, 0.2) is 60.7 Å². The van der Waals surface area contributed by atoms with Gasteiger partial charge in [0.15, 0.2) is 5.78 Å². The van der Waals surface area contributed by atoms with Crippen LogP contribution in [0.4, 0.5) is 0 Å². The van der Waals surface area contributed by atoms with Crippen molar-refractivity contribution >= 4 is 22.8 Å². The molecule has 0 fully saturated rings. The van der Waals surface area contributed by atoms with Crippen LogP contribution in [0.5, 0.6) is 5.75 Å². The Labute approximate surface area is 181 Å². The van der Waals surface area contributed by atoms with Crippen LogP contribution in [0, 0.1) is 13.8 Å². The zero-order chi connectivity index (χ0) is 21.7. The monoisotopic (exact) mass is 409 g/mol. The standard InChI is InChI=1S/C27H23NO3/c1-16-7-10-19(11-8-16)28-22-14-17(2)13-18-9-12-23(30)26(25(18)22)27(28)20-5-4-6-24(31-3)21(20)15-29/h4-14,29H,15H2,1-3H3. The molecular formula is C27H23NO3. The fraction of sp³-hybridized carbons (Fsp3) is 0.148. The van der Waals surface area contributed by atoms with Crippen molar-refractivity contribution in [2.24, 2.45) is 0 Å². The van der Waals surface area contributed by atoms with Crippen molar-refractivity contribution in [3.63, 3.8) is 0 Å². The molecule has 0 amide bonds. The lowest BCUT2D eigenvalue weighted by Gasteiger charge is -2.17. The van der Waals surface area contributed by atoms with E-state index in [2.05, 4.69) is 54.8 Å². The highest BCUT2D eigenvalue weighted by atomic mass is 16.5. The largest absolute Gasteiger partial charge is 0.496 e. The minimum absolute atomic E-state index is 0.0334. The molecular weight excluding hydrogens is 386 g/mol. The molecule has 0 saturated heterocycles. The van der Waals surface area contributed by atoms with Gasteiger partial charge in [-0.2, -0.15) is 0 Å². The second-order valence-corrected chi connectivity index (χ2v) is 7.98. The Morgan fingerprint density at radius 2 is 1.74 bits per heavy atom. The summed E-state index contributed by atoms with van der Waals surface area (Å²) in [6.45, 7) is 3.93. The first kappa shape index (κ1) is 19.3. The Kier molecular flexibility index (Phi) is 4.53. The number of methoxy groups -OCH3 is 1. The van der Waals surface area contributed by atoms with Crippen molar-refractivity contribution in [1.29, 1.82) is 0 Å². The molecule has 154 valence electrons. The number of carbonyl (C=O) groups excluding carboxylic acids is 1. The fourth-order valence-corrected chi connectivity index (χ4v) is 4.57. The number of aromatic nitrogens is 1. The highest BCUT2D eigenvalue weighted by molar-refractivity contribution is 6.24. The number of aliphatic hydroxyl groups excluding tert-OH is 1. The van der Waals surface area contributed by atoms with Gasteiger partial charge in [0.2, 0.25) is 0 Å². The van der Waals surface area contributed by atoms with E-state index in [1.807, 2.05) is 24.3 Å². The first-order chi connectivity index (χ1) is 15.0. The van der Waals surface area contributed by atoms with Gasteiger partial charge in [0, 0.05) is 22.2 Å². The number of aryl methyl sites for hydroxylation is 2. The Morgan fingerprint density at radius 1 is 0.968 bits per heavy atom. The summed E-state index contributed by atoms with van der Waals surface area (Å²) < 4.78 is 7.66. The molecule has 0 saturated carbocycles. The third-order valence-electron chi connectivity index (χ3n) is 5.96.